The predicted octanol–water partition coefficient (Wildman–Crippen LogP) is 2.12. The van der Waals surface area contributed by atoms with E-state index in [1.54, 1.807) is 13.3 Å². The first kappa shape index (κ1) is 23.9. The number of nitrogens with one attached hydrogen (secondary N) is 2. The van der Waals surface area contributed by atoms with Crippen LogP contribution in [0, 0.1) is 5.92 Å². The Morgan fingerprint density at radius 3 is 2.59 bits per heavy atom. The van der Waals surface area contributed by atoms with Crippen molar-refractivity contribution in [2.75, 3.05) is 46.5 Å². The number of hydrogen-bond donors (Lipinski definition) is 2. The summed E-state index contributed by atoms with van der Waals surface area (Å²) in [5, 5.41) is 6.83. The molecule has 1 unspecified atom stereocenters. The van der Waals surface area contributed by atoms with Gasteiger partial charge >= 0.3 is 0 Å². The lowest BCUT2D eigenvalue weighted by molar-refractivity contribution is 0.00752. The number of aliphatic imine (C=N–C) groups is 1. The molecule has 1 aliphatic heterocycles. The summed E-state index contributed by atoms with van der Waals surface area (Å²) < 4.78 is 10.6. The van der Waals surface area contributed by atoms with Gasteiger partial charge in [0.05, 0.1) is 26.9 Å². The van der Waals surface area contributed by atoms with Gasteiger partial charge in [-0.05, 0) is 18.4 Å². The SMILES string of the molecule is CCNC(=NCc1ccc(OC)nc1)NCC(C(C)C)N1CCOCC1.I. The van der Waals surface area contributed by atoms with Gasteiger partial charge in [0, 0.05) is 44.5 Å². The largest absolute Gasteiger partial charge is 0.481 e. The van der Waals surface area contributed by atoms with Crippen LogP contribution in [-0.2, 0) is 11.3 Å². The van der Waals surface area contributed by atoms with Crippen molar-refractivity contribution in [1.29, 1.82) is 0 Å². The zero-order valence-corrected chi connectivity index (χ0v) is 19.2. The molecule has 0 bridgehead atoms. The van der Waals surface area contributed by atoms with Gasteiger partial charge in [-0.25, -0.2) is 9.98 Å². The second-order valence-corrected chi connectivity index (χ2v) is 6.74. The van der Waals surface area contributed by atoms with Crippen molar-refractivity contribution in [3.05, 3.63) is 23.9 Å². The Morgan fingerprint density at radius 1 is 1.30 bits per heavy atom. The third kappa shape index (κ3) is 8.18. The van der Waals surface area contributed by atoms with E-state index in [9.17, 15) is 0 Å². The van der Waals surface area contributed by atoms with Crippen molar-refractivity contribution >= 4 is 29.9 Å². The fourth-order valence-electron chi connectivity index (χ4n) is 3.03. The monoisotopic (exact) mass is 491 g/mol. The summed E-state index contributed by atoms with van der Waals surface area (Å²) in [6, 6.07) is 4.31. The van der Waals surface area contributed by atoms with Gasteiger partial charge < -0.3 is 20.1 Å². The van der Waals surface area contributed by atoms with Crippen LogP contribution < -0.4 is 15.4 Å². The molecule has 0 radical (unpaired) electrons. The maximum absolute atomic E-state index is 5.48. The summed E-state index contributed by atoms with van der Waals surface area (Å²) in [4.78, 5) is 11.4. The molecular weight excluding hydrogens is 457 g/mol. The van der Waals surface area contributed by atoms with Gasteiger partial charge in [-0.3, -0.25) is 4.90 Å². The van der Waals surface area contributed by atoms with E-state index in [1.807, 2.05) is 12.1 Å². The molecule has 2 rings (SSSR count). The van der Waals surface area contributed by atoms with Crippen LogP contribution in [0.3, 0.4) is 0 Å². The summed E-state index contributed by atoms with van der Waals surface area (Å²) in [6.07, 6.45) is 1.80. The lowest BCUT2D eigenvalue weighted by Crippen LogP contribution is -2.52. The summed E-state index contributed by atoms with van der Waals surface area (Å²) in [7, 11) is 1.62. The highest BCUT2D eigenvalue weighted by atomic mass is 127. The van der Waals surface area contributed by atoms with Crippen molar-refractivity contribution in [3.63, 3.8) is 0 Å². The lowest BCUT2D eigenvalue weighted by Gasteiger charge is -2.37. The molecule has 8 heteroatoms. The van der Waals surface area contributed by atoms with Crippen molar-refractivity contribution in [3.8, 4) is 5.88 Å². The molecule has 0 amide bonds. The Bertz CT molecular complexity index is 548. The number of guanidine groups is 1. The molecule has 1 aromatic heterocycles. The van der Waals surface area contributed by atoms with Crippen LogP contribution in [0.1, 0.15) is 26.3 Å². The molecule has 1 atom stereocenters. The quantitative estimate of drug-likeness (QED) is 0.330. The topological polar surface area (TPSA) is 71.0 Å². The first-order valence-corrected chi connectivity index (χ1v) is 9.47. The zero-order valence-electron chi connectivity index (χ0n) is 16.9. The van der Waals surface area contributed by atoms with E-state index in [0.717, 1.165) is 50.9 Å². The Hall–Kier alpha value is -1.13. The maximum Gasteiger partial charge on any atom is 0.212 e. The molecule has 154 valence electrons. The Kier molecular flexibility index (Phi) is 11.6. The highest BCUT2D eigenvalue weighted by Crippen LogP contribution is 2.12. The molecule has 1 aromatic rings. The Balaban J connectivity index is 0.00000364. The molecule has 0 aliphatic carbocycles. The minimum Gasteiger partial charge on any atom is -0.481 e. The number of morpholine rings is 1. The van der Waals surface area contributed by atoms with E-state index >= 15 is 0 Å². The molecule has 0 aromatic carbocycles. The average Bonchev–Trinajstić information content (AvgIpc) is 2.67. The summed E-state index contributed by atoms with van der Waals surface area (Å²) in [5.74, 6) is 2.02. The molecule has 1 aliphatic rings. The van der Waals surface area contributed by atoms with Gasteiger partial charge in [-0.2, -0.15) is 0 Å². The van der Waals surface area contributed by atoms with Crippen molar-refractivity contribution < 1.29 is 9.47 Å². The van der Waals surface area contributed by atoms with E-state index in [0.29, 0.717) is 24.4 Å². The highest BCUT2D eigenvalue weighted by Gasteiger charge is 2.23. The van der Waals surface area contributed by atoms with Gasteiger partial charge in [0.1, 0.15) is 0 Å². The summed E-state index contributed by atoms with van der Waals surface area (Å²) >= 11 is 0. The predicted molar refractivity (Wildman–Crippen MR) is 120 cm³/mol. The molecule has 1 fully saturated rings. The maximum atomic E-state index is 5.48. The number of methoxy groups -OCH3 is 1. The number of pyridine rings is 1. The third-order valence-corrected chi connectivity index (χ3v) is 4.53. The van der Waals surface area contributed by atoms with Gasteiger partial charge in [0.25, 0.3) is 0 Å². The smallest absolute Gasteiger partial charge is 0.212 e. The fourth-order valence-corrected chi connectivity index (χ4v) is 3.03. The average molecular weight is 491 g/mol. The highest BCUT2D eigenvalue weighted by molar-refractivity contribution is 14.0. The van der Waals surface area contributed by atoms with Crippen LogP contribution in [0.25, 0.3) is 0 Å². The van der Waals surface area contributed by atoms with Crippen LogP contribution in [0.2, 0.25) is 0 Å². The number of nitrogens with zero attached hydrogens (tertiary/aromatic N) is 3. The van der Waals surface area contributed by atoms with Crippen LogP contribution in [0.5, 0.6) is 5.88 Å². The Morgan fingerprint density at radius 2 is 2.04 bits per heavy atom. The first-order chi connectivity index (χ1) is 12.6. The molecule has 2 N–H and O–H groups in total. The number of halogens is 1. The van der Waals surface area contributed by atoms with E-state index in [-0.39, 0.29) is 24.0 Å². The fraction of sp³-hybridized carbons (Fsp3) is 0.684. The van der Waals surface area contributed by atoms with Crippen LogP contribution >= 0.6 is 24.0 Å². The summed E-state index contributed by atoms with van der Waals surface area (Å²) in [5.41, 5.74) is 1.05. The van der Waals surface area contributed by atoms with Gasteiger partial charge in [-0.15, -0.1) is 24.0 Å². The van der Waals surface area contributed by atoms with Crippen LogP contribution in [0.15, 0.2) is 23.3 Å². The molecule has 0 spiro atoms. The number of aromatic nitrogens is 1. The number of hydrogen-bond acceptors (Lipinski definition) is 5. The van der Waals surface area contributed by atoms with E-state index < -0.39 is 0 Å². The van der Waals surface area contributed by atoms with Crippen LogP contribution in [0.4, 0.5) is 0 Å². The minimum absolute atomic E-state index is 0. The lowest BCUT2D eigenvalue weighted by atomic mass is 10.0. The first-order valence-electron chi connectivity index (χ1n) is 9.47. The van der Waals surface area contributed by atoms with E-state index in [4.69, 9.17) is 9.47 Å². The normalized spacial score (nSPS) is 16.6. The second kappa shape index (κ2) is 13.1. The van der Waals surface area contributed by atoms with Gasteiger partial charge in [0.2, 0.25) is 5.88 Å². The molecule has 1 saturated heterocycles. The minimum atomic E-state index is 0. The molecule has 27 heavy (non-hydrogen) atoms. The van der Waals surface area contributed by atoms with Gasteiger partial charge in [0.15, 0.2) is 5.96 Å². The van der Waals surface area contributed by atoms with Crippen molar-refractivity contribution in [1.82, 2.24) is 20.5 Å². The second-order valence-electron chi connectivity index (χ2n) is 6.74. The van der Waals surface area contributed by atoms with E-state index in [2.05, 4.69) is 46.3 Å². The summed E-state index contributed by atoms with van der Waals surface area (Å²) in [6.45, 7) is 12.5. The van der Waals surface area contributed by atoms with Crippen LogP contribution in [-0.4, -0.2) is 68.4 Å². The standard InChI is InChI=1S/C19H33N5O2.HI/c1-5-20-19(22-13-16-6-7-18(25-4)21-12-16)23-14-17(15(2)3)24-8-10-26-11-9-24;/h6-7,12,15,17H,5,8-11,13-14H2,1-4H3,(H2,20,22,23);1H. The molecule has 2 heterocycles. The van der Waals surface area contributed by atoms with Gasteiger partial charge in [-0.1, -0.05) is 19.9 Å². The Labute approximate surface area is 180 Å². The third-order valence-electron chi connectivity index (χ3n) is 4.53. The molecule has 7 nitrogen and oxygen atoms in total. The van der Waals surface area contributed by atoms with Crippen molar-refractivity contribution in [2.24, 2.45) is 10.9 Å². The zero-order chi connectivity index (χ0) is 18.8. The number of ether oxygens (including phenoxy) is 2. The van der Waals surface area contributed by atoms with E-state index in [1.165, 1.54) is 0 Å². The van der Waals surface area contributed by atoms with Crippen molar-refractivity contribution in [2.45, 2.75) is 33.4 Å². The molecule has 0 saturated carbocycles. The number of rotatable bonds is 8. The molecular formula is C19H34IN5O2.